The van der Waals surface area contributed by atoms with Crippen LogP contribution in [0.25, 0.3) is 0 Å². The van der Waals surface area contributed by atoms with Crippen LogP contribution in [0.4, 0.5) is 0 Å². The van der Waals surface area contributed by atoms with E-state index in [-0.39, 0.29) is 129 Å². The Morgan fingerprint density at radius 3 is 0.300 bits per heavy atom. The second-order valence-electron chi connectivity index (χ2n) is 1.72. The van der Waals surface area contributed by atoms with Gasteiger partial charge in [0.25, 0.3) is 0 Å². The van der Waals surface area contributed by atoms with Crippen molar-refractivity contribution >= 4 is 35.8 Å². The van der Waals surface area contributed by atoms with Crippen molar-refractivity contribution in [2.75, 3.05) is 0 Å². The van der Waals surface area contributed by atoms with E-state index in [1.165, 1.54) is 0 Å². The van der Waals surface area contributed by atoms with Crippen molar-refractivity contribution in [3.63, 3.8) is 0 Å². The second-order valence-corrected chi connectivity index (χ2v) is 1.72. The molecule has 0 atom stereocenters. The van der Waals surface area contributed by atoms with Crippen LogP contribution in [-0.4, -0.2) is 90.6 Å². The summed E-state index contributed by atoms with van der Waals surface area (Å²) in [5.74, 6) is -13.1. The minimum atomic E-state index is -2.19. The molecule has 0 saturated carbocycles. The summed E-state index contributed by atoms with van der Waals surface area (Å²) in [6, 6.07) is 0. The predicted octanol–water partition coefficient (Wildman–Crippen LogP) is -18.8. The summed E-state index contributed by atoms with van der Waals surface area (Å²) in [7, 11) is 0. The van der Waals surface area contributed by atoms with Crippen LogP contribution in [0.3, 0.4) is 0 Å². The van der Waals surface area contributed by atoms with Crippen LogP contribution >= 0.6 is 0 Å². The van der Waals surface area contributed by atoms with E-state index in [2.05, 4.69) is 0 Å². The van der Waals surface area contributed by atoms with Gasteiger partial charge in [0.1, 0.15) is 0 Å². The zero-order valence-corrected chi connectivity index (χ0v) is 17.2. The molecular formula is C6H20Er2O22. The van der Waals surface area contributed by atoms with Gasteiger partial charge in [-0.15, -0.1) is 0 Å². The minimum Gasteiger partial charge on any atom is -0.543 e. The molecule has 0 heterocycles. The normalized spacial score (nSPS) is 4.40. The van der Waals surface area contributed by atoms with Gasteiger partial charge in [-0.25, -0.2) is 0 Å². The van der Waals surface area contributed by atoms with Crippen molar-refractivity contribution < 1.29 is 189 Å². The van der Waals surface area contributed by atoms with Crippen molar-refractivity contribution in [3.8, 4) is 0 Å². The largest absolute Gasteiger partial charge is 3.00 e. The number of carbonyl (C=O) groups is 6. The Hall–Kier alpha value is -1.09. The van der Waals surface area contributed by atoms with Gasteiger partial charge < -0.3 is 114 Å². The first-order chi connectivity index (χ1) is 7.93. The third-order valence-electron chi connectivity index (χ3n) is 0.500. The van der Waals surface area contributed by atoms with Crippen molar-refractivity contribution in [1.82, 2.24) is 0 Å². The third kappa shape index (κ3) is 152. The number of rotatable bonds is 0. The summed E-state index contributed by atoms with van der Waals surface area (Å²) in [6.45, 7) is 0. The summed E-state index contributed by atoms with van der Waals surface area (Å²) in [5, 5.41) is 53.6. The van der Waals surface area contributed by atoms with Gasteiger partial charge >= 0.3 is 74.6 Å². The SMILES string of the molecule is O.O.O.O.O.O.O.O.O.O.O=C([O-])C(=O)[O-].O=C([O-])C(=O)[O-].O=C([O-])C(=O)[O-].[Er+3].[Er+3]. The maximum atomic E-state index is 8.93. The smallest absolute Gasteiger partial charge is 0.543 e. The van der Waals surface area contributed by atoms with Crippen LogP contribution < -0.4 is 30.6 Å². The first kappa shape index (κ1) is 116. The van der Waals surface area contributed by atoms with Gasteiger partial charge in [-0.3, -0.25) is 0 Å². The van der Waals surface area contributed by atoms with Gasteiger partial charge in [0.2, 0.25) is 0 Å². The van der Waals surface area contributed by atoms with Crippen molar-refractivity contribution in [2.24, 2.45) is 0 Å². The van der Waals surface area contributed by atoms with Crippen LogP contribution in [0.2, 0.25) is 0 Å². The molecule has 0 unspecified atom stereocenters. The summed E-state index contributed by atoms with van der Waals surface area (Å²) >= 11 is 0. The molecule has 2 radical (unpaired) electrons. The fraction of sp³-hybridized carbons (Fsp3) is 0. The van der Waals surface area contributed by atoms with E-state index in [9.17, 15) is 0 Å². The van der Waals surface area contributed by atoms with Gasteiger partial charge in [-0.2, -0.15) is 0 Å². The Kier molecular flexibility index (Phi) is 274. The van der Waals surface area contributed by atoms with E-state index < -0.39 is 35.8 Å². The predicted molar refractivity (Wildman–Crippen MR) is 66.2 cm³/mol. The number of hydrogen-bond acceptors (Lipinski definition) is 12. The number of aliphatic carboxylic acids is 6. The molecule has 0 spiro atoms. The summed E-state index contributed by atoms with van der Waals surface area (Å²) in [4.78, 5) is 53.6. The number of carboxylic acids is 6. The first-order valence-corrected chi connectivity index (χ1v) is 3.20. The summed E-state index contributed by atoms with van der Waals surface area (Å²) in [6.07, 6.45) is 0. The minimum absolute atomic E-state index is 0. The molecule has 0 aromatic carbocycles. The molecule has 22 nitrogen and oxygen atoms in total. The van der Waals surface area contributed by atoms with Crippen molar-refractivity contribution in [3.05, 3.63) is 0 Å². The van der Waals surface area contributed by atoms with E-state index in [1.807, 2.05) is 0 Å². The van der Waals surface area contributed by atoms with Crippen LogP contribution in [-0.2, 0) is 28.8 Å². The Morgan fingerprint density at radius 2 is 0.300 bits per heavy atom. The fourth-order valence-corrected chi connectivity index (χ4v) is 0. The molecule has 24 heteroatoms. The number of hydrogen-bond donors (Lipinski definition) is 0. The summed E-state index contributed by atoms with van der Waals surface area (Å²) < 4.78 is 0. The van der Waals surface area contributed by atoms with E-state index >= 15 is 0 Å². The zero-order chi connectivity index (χ0) is 15.5. The Bertz CT molecular complexity index is 287. The third-order valence-corrected chi connectivity index (χ3v) is 0.500. The quantitative estimate of drug-likeness (QED) is 0.207. The number of carbonyl (C=O) groups excluding carboxylic acids is 6. The first-order valence-electron chi connectivity index (χ1n) is 3.20. The van der Waals surface area contributed by atoms with E-state index in [0.717, 1.165) is 0 Å². The molecule has 30 heavy (non-hydrogen) atoms. The van der Waals surface area contributed by atoms with Crippen molar-refractivity contribution in [1.29, 1.82) is 0 Å². The Balaban J connectivity index is -0.00000000721. The Labute approximate surface area is 223 Å². The summed E-state index contributed by atoms with van der Waals surface area (Å²) in [5.41, 5.74) is 0. The molecule has 0 aliphatic heterocycles. The van der Waals surface area contributed by atoms with E-state index in [4.69, 9.17) is 59.4 Å². The van der Waals surface area contributed by atoms with Gasteiger partial charge in [0, 0.05) is 0 Å². The van der Waals surface area contributed by atoms with Gasteiger partial charge in [0.15, 0.2) is 0 Å². The van der Waals surface area contributed by atoms with Crippen LogP contribution in [0.5, 0.6) is 0 Å². The monoisotopic (exact) mass is 776 g/mol. The molecular weight excluding hydrogens is 759 g/mol. The van der Waals surface area contributed by atoms with Crippen LogP contribution in [0.1, 0.15) is 0 Å². The van der Waals surface area contributed by atoms with Crippen molar-refractivity contribution in [2.45, 2.75) is 0 Å². The number of carboxylic acid groups (broad SMARTS) is 6. The maximum Gasteiger partial charge on any atom is 3.00 e. The molecule has 0 fully saturated rings. The Morgan fingerprint density at radius 1 is 0.267 bits per heavy atom. The average molecular weight is 779 g/mol. The molecule has 0 amide bonds. The van der Waals surface area contributed by atoms with Gasteiger partial charge in [-0.05, 0) is 0 Å². The zero-order valence-electron chi connectivity index (χ0n) is 13.5. The average Bonchev–Trinajstić information content (AvgIpc) is 2.18. The molecule has 200 valence electrons. The molecule has 0 aromatic rings. The molecule has 20 N–H and O–H groups in total. The second kappa shape index (κ2) is 70.7. The van der Waals surface area contributed by atoms with Gasteiger partial charge in [-0.1, -0.05) is 0 Å². The topological polar surface area (TPSA) is 556 Å². The molecule has 0 aliphatic carbocycles. The molecule has 0 saturated heterocycles. The molecule has 0 aromatic heterocycles. The maximum absolute atomic E-state index is 8.93. The molecule has 0 rings (SSSR count). The molecule has 0 bridgehead atoms. The van der Waals surface area contributed by atoms with Crippen LogP contribution in [0.15, 0.2) is 0 Å². The molecule has 0 aliphatic rings. The van der Waals surface area contributed by atoms with E-state index in [1.54, 1.807) is 0 Å². The van der Waals surface area contributed by atoms with Gasteiger partial charge in [0.05, 0.1) is 35.8 Å². The fourth-order valence-electron chi connectivity index (χ4n) is 0. The standard InChI is InChI=1S/3C2H2O4.2Er.10H2O/c3*3-1(4)2(5)6;;;;;;;;;;;;/h3*(H,3,4)(H,5,6);;;10*1H2/q;;;2*+3;;;;;;;;;;/p-6. The van der Waals surface area contributed by atoms with Crippen LogP contribution in [0, 0.1) is 74.6 Å². The van der Waals surface area contributed by atoms with E-state index in [0.29, 0.717) is 0 Å².